The number of ether oxygens (including phenoxy) is 1. The van der Waals surface area contributed by atoms with Crippen molar-refractivity contribution in [1.82, 2.24) is 10.6 Å². The van der Waals surface area contributed by atoms with Crippen LogP contribution in [-0.2, 0) is 6.42 Å². The molecule has 2 aromatic carbocycles. The van der Waals surface area contributed by atoms with Crippen LogP contribution in [0.4, 0.5) is 0 Å². The highest BCUT2D eigenvalue weighted by molar-refractivity contribution is 7.99. The zero-order chi connectivity index (χ0) is 17.0. The fraction of sp³-hybridized carbons (Fsp3) is 0.316. The number of guanidine groups is 1. The first-order valence-corrected chi connectivity index (χ1v) is 9.05. The number of nitrogens with zero attached hydrogens (tertiary/aromatic N) is 1. The molecule has 2 aromatic rings. The molecule has 0 radical (unpaired) electrons. The summed E-state index contributed by atoms with van der Waals surface area (Å²) in [5.41, 5.74) is 1.25. The average Bonchev–Trinajstić information content (AvgIpc) is 2.64. The van der Waals surface area contributed by atoms with Crippen molar-refractivity contribution in [2.24, 2.45) is 4.99 Å². The molecule has 0 spiro atoms. The Bertz CT molecular complexity index is 632. The van der Waals surface area contributed by atoms with Gasteiger partial charge in [-0.15, -0.1) is 11.8 Å². The molecule has 0 aliphatic rings. The molecule has 5 heteroatoms. The zero-order valence-electron chi connectivity index (χ0n) is 14.3. The van der Waals surface area contributed by atoms with Crippen molar-refractivity contribution < 1.29 is 4.74 Å². The fourth-order valence-corrected chi connectivity index (χ4v) is 3.02. The number of hydrogen-bond acceptors (Lipinski definition) is 3. The number of methoxy groups -OCH3 is 1. The summed E-state index contributed by atoms with van der Waals surface area (Å²) in [6.45, 7) is 1.71. The van der Waals surface area contributed by atoms with E-state index in [0.717, 1.165) is 37.0 Å². The molecule has 0 saturated carbocycles. The molecule has 2 rings (SSSR count). The molecule has 0 bridgehead atoms. The Morgan fingerprint density at radius 2 is 1.83 bits per heavy atom. The summed E-state index contributed by atoms with van der Waals surface area (Å²) in [6.07, 6.45) is 0.927. The Labute approximate surface area is 148 Å². The molecule has 24 heavy (non-hydrogen) atoms. The van der Waals surface area contributed by atoms with E-state index in [1.54, 1.807) is 14.2 Å². The van der Waals surface area contributed by atoms with E-state index in [1.165, 1.54) is 10.5 Å². The molecule has 0 amide bonds. The van der Waals surface area contributed by atoms with Gasteiger partial charge in [0.15, 0.2) is 5.96 Å². The number of rotatable bonds is 8. The summed E-state index contributed by atoms with van der Waals surface area (Å²) in [5, 5.41) is 6.68. The van der Waals surface area contributed by atoms with Crippen molar-refractivity contribution in [3.8, 4) is 5.75 Å². The van der Waals surface area contributed by atoms with Gasteiger partial charge in [0.1, 0.15) is 5.75 Å². The van der Waals surface area contributed by atoms with Crippen LogP contribution in [0, 0.1) is 0 Å². The molecule has 0 unspecified atom stereocenters. The molecule has 0 aromatic heterocycles. The summed E-state index contributed by atoms with van der Waals surface area (Å²) < 4.78 is 5.25. The average molecular weight is 343 g/mol. The molecular formula is C19H25N3OS. The second kappa shape index (κ2) is 10.6. The van der Waals surface area contributed by atoms with Crippen molar-refractivity contribution in [2.75, 3.05) is 33.0 Å². The monoisotopic (exact) mass is 343 g/mol. The number of thioether (sulfide) groups is 1. The Hall–Kier alpha value is -2.14. The van der Waals surface area contributed by atoms with Crippen molar-refractivity contribution in [3.63, 3.8) is 0 Å². The molecule has 0 aliphatic carbocycles. The van der Waals surface area contributed by atoms with E-state index in [1.807, 2.05) is 30.0 Å². The molecule has 0 fully saturated rings. The lowest BCUT2D eigenvalue weighted by molar-refractivity contribution is 0.414. The largest absolute Gasteiger partial charge is 0.497 e. The standard InChI is InChI=1S/C19H25N3OS/c1-20-19(22-13-14-24-18-9-4-3-5-10-18)21-12-11-16-7-6-8-17(15-16)23-2/h3-10,15H,11-14H2,1-2H3,(H2,20,21,22). The molecule has 2 N–H and O–H groups in total. The van der Waals surface area contributed by atoms with Gasteiger partial charge in [0.05, 0.1) is 7.11 Å². The lowest BCUT2D eigenvalue weighted by atomic mass is 10.1. The third-order valence-electron chi connectivity index (χ3n) is 3.47. The minimum atomic E-state index is 0.832. The third-order valence-corrected chi connectivity index (χ3v) is 4.48. The van der Waals surface area contributed by atoms with E-state index in [2.05, 4.69) is 52.0 Å². The second-order valence-electron chi connectivity index (χ2n) is 5.19. The number of hydrogen-bond donors (Lipinski definition) is 2. The van der Waals surface area contributed by atoms with E-state index in [-0.39, 0.29) is 0 Å². The fourth-order valence-electron chi connectivity index (χ4n) is 2.23. The van der Waals surface area contributed by atoms with Crippen molar-refractivity contribution >= 4 is 17.7 Å². The van der Waals surface area contributed by atoms with Crippen LogP contribution in [0.1, 0.15) is 5.56 Å². The molecule has 0 saturated heterocycles. The first-order chi connectivity index (χ1) is 11.8. The zero-order valence-corrected chi connectivity index (χ0v) is 15.1. The Morgan fingerprint density at radius 3 is 2.58 bits per heavy atom. The maximum Gasteiger partial charge on any atom is 0.191 e. The highest BCUT2D eigenvalue weighted by Crippen LogP contribution is 2.15. The molecule has 4 nitrogen and oxygen atoms in total. The van der Waals surface area contributed by atoms with Crippen LogP contribution in [0.15, 0.2) is 64.5 Å². The smallest absolute Gasteiger partial charge is 0.191 e. The maximum atomic E-state index is 5.25. The normalized spacial score (nSPS) is 11.2. The predicted octanol–water partition coefficient (Wildman–Crippen LogP) is 3.20. The quantitative estimate of drug-likeness (QED) is 0.334. The number of nitrogens with one attached hydrogen (secondary N) is 2. The van der Waals surface area contributed by atoms with Crippen LogP contribution < -0.4 is 15.4 Å². The molecular weight excluding hydrogens is 318 g/mol. The SMILES string of the molecule is CN=C(NCCSc1ccccc1)NCCc1cccc(OC)c1. The lowest BCUT2D eigenvalue weighted by Gasteiger charge is -2.12. The van der Waals surface area contributed by atoms with E-state index < -0.39 is 0 Å². The van der Waals surface area contributed by atoms with Gasteiger partial charge >= 0.3 is 0 Å². The first kappa shape index (κ1) is 18.2. The summed E-state index contributed by atoms with van der Waals surface area (Å²) in [4.78, 5) is 5.55. The van der Waals surface area contributed by atoms with Crippen LogP contribution in [-0.4, -0.2) is 39.0 Å². The summed E-state index contributed by atoms with van der Waals surface area (Å²) in [6, 6.07) is 18.6. The number of aliphatic imine (C=N–C) groups is 1. The molecule has 0 aliphatic heterocycles. The van der Waals surface area contributed by atoms with Gasteiger partial charge in [0.25, 0.3) is 0 Å². The highest BCUT2D eigenvalue weighted by atomic mass is 32.2. The lowest BCUT2D eigenvalue weighted by Crippen LogP contribution is -2.39. The van der Waals surface area contributed by atoms with Gasteiger partial charge in [-0.2, -0.15) is 0 Å². The topological polar surface area (TPSA) is 45.7 Å². The Balaban J connectivity index is 1.65. The minimum Gasteiger partial charge on any atom is -0.497 e. The van der Waals surface area contributed by atoms with E-state index in [4.69, 9.17) is 4.74 Å². The van der Waals surface area contributed by atoms with E-state index >= 15 is 0 Å². The van der Waals surface area contributed by atoms with Crippen molar-refractivity contribution in [3.05, 3.63) is 60.2 Å². The summed E-state index contributed by atoms with van der Waals surface area (Å²) in [5.74, 6) is 2.74. The van der Waals surface area contributed by atoms with E-state index in [9.17, 15) is 0 Å². The Kier molecular flexibility index (Phi) is 8.04. The predicted molar refractivity (Wildman–Crippen MR) is 103 cm³/mol. The third kappa shape index (κ3) is 6.54. The second-order valence-corrected chi connectivity index (χ2v) is 6.36. The molecule has 128 valence electrons. The van der Waals surface area contributed by atoms with E-state index in [0.29, 0.717) is 0 Å². The first-order valence-electron chi connectivity index (χ1n) is 8.07. The van der Waals surface area contributed by atoms with Crippen LogP contribution in [0.2, 0.25) is 0 Å². The van der Waals surface area contributed by atoms with Gasteiger partial charge in [0, 0.05) is 30.8 Å². The Morgan fingerprint density at radius 1 is 1.04 bits per heavy atom. The van der Waals surface area contributed by atoms with Crippen LogP contribution >= 0.6 is 11.8 Å². The summed E-state index contributed by atoms with van der Waals surface area (Å²) >= 11 is 1.84. The van der Waals surface area contributed by atoms with Gasteiger partial charge in [-0.3, -0.25) is 4.99 Å². The van der Waals surface area contributed by atoms with Crippen molar-refractivity contribution in [1.29, 1.82) is 0 Å². The number of benzene rings is 2. The van der Waals surface area contributed by atoms with Gasteiger partial charge in [-0.05, 0) is 36.2 Å². The molecule has 0 heterocycles. The van der Waals surface area contributed by atoms with Crippen molar-refractivity contribution in [2.45, 2.75) is 11.3 Å². The van der Waals surface area contributed by atoms with Gasteiger partial charge in [-0.1, -0.05) is 30.3 Å². The van der Waals surface area contributed by atoms with Crippen LogP contribution in [0.5, 0.6) is 5.75 Å². The highest BCUT2D eigenvalue weighted by Gasteiger charge is 1.99. The summed E-state index contributed by atoms with van der Waals surface area (Å²) in [7, 11) is 3.49. The van der Waals surface area contributed by atoms with Crippen LogP contribution in [0.25, 0.3) is 0 Å². The maximum absolute atomic E-state index is 5.25. The van der Waals surface area contributed by atoms with Gasteiger partial charge < -0.3 is 15.4 Å². The molecule has 0 atom stereocenters. The minimum absolute atomic E-state index is 0.832. The van der Waals surface area contributed by atoms with Gasteiger partial charge in [-0.25, -0.2) is 0 Å². The van der Waals surface area contributed by atoms with Crippen LogP contribution in [0.3, 0.4) is 0 Å². The van der Waals surface area contributed by atoms with Gasteiger partial charge in [0.2, 0.25) is 0 Å².